The zero-order valence-electron chi connectivity index (χ0n) is 13.3. The number of benzene rings is 1. The second-order valence-corrected chi connectivity index (χ2v) is 6.77. The predicted octanol–water partition coefficient (Wildman–Crippen LogP) is 1.86. The average molecular weight is 356 g/mol. The third-order valence-corrected chi connectivity index (χ3v) is 5.24. The normalized spacial score (nSPS) is 14.8. The highest BCUT2D eigenvalue weighted by atomic mass is 32.1. The molecule has 3 aromatic rings. The molecule has 0 saturated carbocycles. The molecule has 0 bridgehead atoms. The first-order chi connectivity index (χ1) is 12.1. The summed E-state index contributed by atoms with van der Waals surface area (Å²) in [6.45, 7) is 2.31. The van der Waals surface area contributed by atoms with Crippen LogP contribution in [0.25, 0.3) is 21.5 Å². The van der Waals surface area contributed by atoms with E-state index in [1.807, 2.05) is 18.2 Å². The average Bonchev–Trinajstić information content (AvgIpc) is 3.22. The summed E-state index contributed by atoms with van der Waals surface area (Å²) >= 11 is 1.34. The van der Waals surface area contributed by atoms with Gasteiger partial charge in [-0.25, -0.2) is 0 Å². The fraction of sp³-hybridized carbons (Fsp3) is 0.235. The number of nitrogens with two attached hydrogens (primary N) is 1. The Hall–Kier alpha value is -2.71. The van der Waals surface area contributed by atoms with Gasteiger partial charge in [0, 0.05) is 29.6 Å². The number of aromatic nitrogens is 2. The number of ether oxygens (including phenoxy) is 1. The van der Waals surface area contributed by atoms with Crippen molar-refractivity contribution in [2.24, 2.45) is 5.73 Å². The Morgan fingerprint density at radius 3 is 2.76 bits per heavy atom. The highest BCUT2D eigenvalue weighted by molar-refractivity contribution is 7.20. The van der Waals surface area contributed by atoms with Gasteiger partial charge in [0.05, 0.1) is 23.8 Å². The van der Waals surface area contributed by atoms with Crippen molar-refractivity contribution in [1.82, 2.24) is 15.1 Å². The summed E-state index contributed by atoms with van der Waals surface area (Å²) in [4.78, 5) is 27.5. The quantitative estimate of drug-likeness (QED) is 0.748. The van der Waals surface area contributed by atoms with Crippen molar-refractivity contribution in [2.75, 3.05) is 26.3 Å². The van der Waals surface area contributed by atoms with Gasteiger partial charge in [-0.15, -0.1) is 11.3 Å². The zero-order chi connectivity index (χ0) is 17.4. The number of H-pyrrole nitrogens is 1. The number of nitrogens with one attached hydrogen (secondary N) is 1. The number of fused-ring (bicyclic) bond motifs is 1. The molecule has 1 saturated heterocycles. The number of morpholine rings is 1. The highest BCUT2D eigenvalue weighted by Crippen LogP contribution is 2.34. The van der Waals surface area contributed by atoms with Crippen LogP contribution in [0.3, 0.4) is 0 Å². The summed E-state index contributed by atoms with van der Waals surface area (Å²) in [5.41, 5.74) is 7.27. The van der Waals surface area contributed by atoms with Crippen LogP contribution in [-0.2, 0) is 4.74 Å². The number of amides is 2. The van der Waals surface area contributed by atoms with Crippen LogP contribution in [0.15, 0.2) is 30.3 Å². The lowest BCUT2D eigenvalue weighted by Crippen LogP contribution is -2.40. The topological polar surface area (TPSA) is 101 Å². The van der Waals surface area contributed by atoms with Gasteiger partial charge in [-0.05, 0) is 12.1 Å². The summed E-state index contributed by atoms with van der Waals surface area (Å²) in [6.07, 6.45) is 0. The molecule has 3 N–H and O–H groups in total. The van der Waals surface area contributed by atoms with Crippen LogP contribution in [-0.4, -0.2) is 53.2 Å². The summed E-state index contributed by atoms with van der Waals surface area (Å²) in [6, 6.07) is 8.91. The Balaban J connectivity index is 1.74. The van der Waals surface area contributed by atoms with E-state index in [9.17, 15) is 9.59 Å². The van der Waals surface area contributed by atoms with Crippen LogP contribution in [0.5, 0.6) is 0 Å². The molecule has 2 amide bonds. The molecular weight excluding hydrogens is 340 g/mol. The van der Waals surface area contributed by atoms with Gasteiger partial charge in [0.2, 0.25) is 5.91 Å². The molecule has 128 valence electrons. The van der Waals surface area contributed by atoms with E-state index in [-0.39, 0.29) is 5.91 Å². The van der Waals surface area contributed by atoms with Crippen LogP contribution >= 0.6 is 11.3 Å². The van der Waals surface area contributed by atoms with E-state index in [0.717, 1.165) is 10.2 Å². The fourth-order valence-corrected chi connectivity index (χ4v) is 3.92. The molecule has 0 unspecified atom stereocenters. The largest absolute Gasteiger partial charge is 0.378 e. The Morgan fingerprint density at radius 2 is 2.00 bits per heavy atom. The molecule has 0 atom stereocenters. The molecule has 0 radical (unpaired) electrons. The van der Waals surface area contributed by atoms with E-state index in [0.29, 0.717) is 48.0 Å². The van der Waals surface area contributed by atoms with Gasteiger partial charge in [-0.1, -0.05) is 18.2 Å². The minimum Gasteiger partial charge on any atom is -0.378 e. The molecule has 2 aromatic heterocycles. The van der Waals surface area contributed by atoms with Crippen molar-refractivity contribution >= 4 is 33.4 Å². The molecule has 0 spiro atoms. The van der Waals surface area contributed by atoms with Crippen molar-refractivity contribution in [3.63, 3.8) is 0 Å². The number of hydrogen-bond acceptors (Lipinski definition) is 5. The molecule has 1 aromatic carbocycles. The van der Waals surface area contributed by atoms with E-state index in [4.69, 9.17) is 10.5 Å². The smallest absolute Gasteiger partial charge is 0.264 e. The number of aromatic amines is 1. The second kappa shape index (κ2) is 6.30. The molecule has 3 heterocycles. The van der Waals surface area contributed by atoms with Crippen molar-refractivity contribution in [1.29, 1.82) is 0 Å². The minimum absolute atomic E-state index is 0.0135. The number of carbonyl (C=O) groups excluding carboxylic acids is 2. The third-order valence-electron chi connectivity index (χ3n) is 4.22. The van der Waals surface area contributed by atoms with E-state index < -0.39 is 5.91 Å². The van der Waals surface area contributed by atoms with Gasteiger partial charge in [-0.2, -0.15) is 5.10 Å². The molecule has 25 heavy (non-hydrogen) atoms. The summed E-state index contributed by atoms with van der Waals surface area (Å²) < 4.78 is 5.29. The minimum atomic E-state index is -0.502. The molecular formula is C17H16N4O3S. The number of carbonyl (C=O) groups is 2. The molecule has 0 aliphatic carbocycles. The molecule has 8 heteroatoms. The van der Waals surface area contributed by atoms with Crippen LogP contribution < -0.4 is 5.73 Å². The van der Waals surface area contributed by atoms with Crippen molar-refractivity contribution in [3.8, 4) is 11.3 Å². The lowest BCUT2D eigenvalue weighted by Gasteiger charge is -2.26. The van der Waals surface area contributed by atoms with E-state index >= 15 is 0 Å². The Kier molecular flexibility index (Phi) is 3.98. The Labute approximate surface area is 147 Å². The maximum atomic E-state index is 12.7. The zero-order valence-corrected chi connectivity index (χ0v) is 14.1. The predicted molar refractivity (Wildman–Crippen MR) is 94.6 cm³/mol. The van der Waals surface area contributed by atoms with Crippen molar-refractivity contribution in [2.45, 2.75) is 0 Å². The maximum Gasteiger partial charge on any atom is 0.264 e. The number of nitrogens with zero attached hydrogens (tertiary/aromatic N) is 2. The Bertz CT molecular complexity index is 956. The van der Waals surface area contributed by atoms with E-state index in [1.165, 1.54) is 11.3 Å². The lowest BCUT2D eigenvalue weighted by atomic mass is 10.0. The summed E-state index contributed by atoms with van der Waals surface area (Å²) in [5.74, 6) is -0.515. The number of primary amides is 1. The van der Waals surface area contributed by atoms with Crippen molar-refractivity contribution < 1.29 is 14.3 Å². The number of thiophene rings is 1. The van der Waals surface area contributed by atoms with Gasteiger partial charge in [0.15, 0.2) is 0 Å². The van der Waals surface area contributed by atoms with Crippen LogP contribution in [0.4, 0.5) is 0 Å². The first kappa shape index (κ1) is 15.8. The second-order valence-electron chi connectivity index (χ2n) is 5.74. The summed E-state index contributed by atoms with van der Waals surface area (Å²) in [7, 11) is 0. The first-order valence-corrected chi connectivity index (χ1v) is 8.71. The molecule has 7 nitrogen and oxygen atoms in total. The SMILES string of the molecule is NC(=O)c1ccccc1-c1[nH]nc2sc(C(=O)N3CCOCC3)cc12. The van der Waals surface area contributed by atoms with Gasteiger partial charge in [0.25, 0.3) is 5.91 Å². The fourth-order valence-electron chi connectivity index (χ4n) is 2.96. The standard InChI is InChI=1S/C17H16N4O3S/c18-15(22)11-4-2-1-3-10(11)14-12-9-13(25-16(12)20-19-14)17(23)21-5-7-24-8-6-21/h1-4,9H,5-8H2,(H2,18,22)(H,19,20). The molecule has 1 aliphatic rings. The summed E-state index contributed by atoms with van der Waals surface area (Å²) in [5, 5.41) is 8.06. The van der Waals surface area contributed by atoms with Crippen molar-refractivity contribution in [3.05, 3.63) is 40.8 Å². The van der Waals surface area contributed by atoms with Crippen LogP contribution in [0.2, 0.25) is 0 Å². The molecule has 4 rings (SSSR count). The van der Waals surface area contributed by atoms with Gasteiger partial charge >= 0.3 is 0 Å². The Morgan fingerprint density at radius 1 is 1.24 bits per heavy atom. The van der Waals surface area contributed by atoms with E-state index in [2.05, 4.69) is 10.2 Å². The first-order valence-electron chi connectivity index (χ1n) is 7.89. The van der Waals surface area contributed by atoms with Gasteiger partial charge in [-0.3, -0.25) is 14.7 Å². The van der Waals surface area contributed by atoms with Crippen LogP contribution in [0, 0.1) is 0 Å². The lowest BCUT2D eigenvalue weighted by molar-refractivity contribution is 0.0306. The van der Waals surface area contributed by atoms with Crippen LogP contribution in [0.1, 0.15) is 20.0 Å². The number of rotatable bonds is 3. The third kappa shape index (κ3) is 2.79. The van der Waals surface area contributed by atoms with Gasteiger partial charge < -0.3 is 15.4 Å². The van der Waals surface area contributed by atoms with E-state index in [1.54, 1.807) is 17.0 Å². The maximum absolute atomic E-state index is 12.7. The number of hydrogen-bond donors (Lipinski definition) is 2. The van der Waals surface area contributed by atoms with Gasteiger partial charge in [0.1, 0.15) is 4.83 Å². The highest BCUT2D eigenvalue weighted by Gasteiger charge is 2.23. The monoisotopic (exact) mass is 356 g/mol. The molecule has 1 fully saturated rings. The molecule has 1 aliphatic heterocycles.